The Kier molecular flexibility index (Phi) is 2.62. The first-order chi connectivity index (χ1) is 7.36. The zero-order chi connectivity index (χ0) is 10.7. The number of aryl methyl sites for hydroxylation is 1. The van der Waals surface area contributed by atoms with Crippen LogP contribution in [0, 0.1) is 0 Å². The molecular formula is C10H12N4O. The Morgan fingerprint density at radius 3 is 2.87 bits per heavy atom. The van der Waals surface area contributed by atoms with E-state index in [0.717, 1.165) is 23.3 Å². The maximum Gasteiger partial charge on any atom is 0.208 e. The normalized spacial score (nSPS) is 10.3. The van der Waals surface area contributed by atoms with Crippen LogP contribution in [0.2, 0.25) is 0 Å². The fourth-order valence-corrected chi connectivity index (χ4v) is 1.56. The quantitative estimate of drug-likeness (QED) is 0.821. The van der Waals surface area contributed by atoms with E-state index in [1.165, 1.54) is 0 Å². The Morgan fingerprint density at radius 2 is 2.27 bits per heavy atom. The molecule has 0 unspecified atom stereocenters. The molecule has 0 aliphatic carbocycles. The van der Waals surface area contributed by atoms with Crippen molar-refractivity contribution in [2.75, 3.05) is 7.11 Å². The molecule has 1 aromatic carbocycles. The summed E-state index contributed by atoms with van der Waals surface area (Å²) in [6.07, 6.45) is 0.912. The van der Waals surface area contributed by atoms with Crippen molar-refractivity contribution in [3.05, 3.63) is 23.8 Å². The number of para-hydroxylation sites is 1. The second-order valence-corrected chi connectivity index (χ2v) is 3.09. The minimum Gasteiger partial charge on any atom is -0.496 e. The van der Waals surface area contributed by atoms with Crippen LogP contribution in [0.25, 0.3) is 11.4 Å². The Labute approximate surface area is 87.5 Å². The van der Waals surface area contributed by atoms with Crippen molar-refractivity contribution in [2.45, 2.75) is 13.3 Å². The van der Waals surface area contributed by atoms with Crippen molar-refractivity contribution in [1.82, 2.24) is 20.6 Å². The number of tetrazole rings is 1. The largest absolute Gasteiger partial charge is 0.496 e. The fourth-order valence-electron chi connectivity index (χ4n) is 1.56. The van der Waals surface area contributed by atoms with Crippen molar-refractivity contribution in [3.63, 3.8) is 0 Å². The van der Waals surface area contributed by atoms with E-state index in [1.807, 2.05) is 18.2 Å². The van der Waals surface area contributed by atoms with Crippen molar-refractivity contribution >= 4 is 0 Å². The number of H-pyrrole nitrogens is 1. The van der Waals surface area contributed by atoms with Gasteiger partial charge in [-0.05, 0) is 23.3 Å². The fraction of sp³-hybridized carbons (Fsp3) is 0.300. The minimum atomic E-state index is 0.558. The van der Waals surface area contributed by atoms with Gasteiger partial charge in [0.2, 0.25) is 5.82 Å². The van der Waals surface area contributed by atoms with E-state index in [1.54, 1.807) is 7.11 Å². The maximum atomic E-state index is 5.37. The Morgan fingerprint density at radius 1 is 1.40 bits per heavy atom. The lowest BCUT2D eigenvalue weighted by Crippen LogP contribution is -1.94. The summed E-state index contributed by atoms with van der Waals surface area (Å²) in [6, 6.07) is 5.91. The summed E-state index contributed by atoms with van der Waals surface area (Å²) >= 11 is 0. The number of hydrogen-bond acceptors (Lipinski definition) is 4. The molecule has 0 amide bonds. The first-order valence-electron chi connectivity index (χ1n) is 4.76. The molecule has 0 aliphatic rings. The SMILES string of the molecule is CCc1cccc(-c2nn[nH]n2)c1OC. The summed E-state index contributed by atoms with van der Waals surface area (Å²) in [5.41, 5.74) is 2.01. The predicted octanol–water partition coefficient (Wildman–Crippen LogP) is 1.44. The molecule has 0 bridgehead atoms. The summed E-state index contributed by atoms with van der Waals surface area (Å²) in [7, 11) is 1.65. The highest BCUT2D eigenvalue weighted by Gasteiger charge is 2.12. The number of nitrogens with one attached hydrogen (secondary N) is 1. The average molecular weight is 204 g/mol. The number of hydrogen-bond donors (Lipinski definition) is 1. The predicted molar refractivity (Wildman–Crippen MR) is 55.5 cm³/mol. The zero-order valence-corrected chi connectivity index (χ0v) is 8.69. The molecule has 0 saturated carbocycles. The molecule has 2 rings (SSSR count). The van der Waals surface area contributed by atoms with Gasteiger partial charge in [0.1, 0.15) is 5.75 Å². The van der Waals surface area contributed by atoms with E-state index in [2.05, 4.69) is 27.5 Å². The maximum absolute atomic E-state index is 5.37. The highest BCUT2D eigenvalue weighted by Crippen LogP contribution is 2.30. The number of ether oxygens (including phenoxy) is 1. The van der Waals surface area contributed by atoms with Gasteiger partial charge in [-0.15, -0.1) is 10.2 Å². The molecule has 0 aliphatic heterocycles. The highest BCUT2D eigenvalue weighted by molar-refractivity contribution is 5.65. The summed E-state index contributed by atoms with van der Waals surface area (Å²) in [5.74, 6) is 1.38. The molecule has 0 spiro atoms. The van der Waals surface area contributed by atoms with Gasteiger partial charge in [-0.3, -0.25) is 0 Å². The van der Waals surface area contributed by atoms with Crippen LogP contribution in [0.3, 0.4) is 0 Å². The average Bonchev–Trinajstić information content (AvgIpc) is 2.81. The molecule has 0 radical (unpaired) electrons. The van der Waals surface area contributed by atoms with Crippen LogP contribution in [0.4, 0.5) is 0 Å². The van der Waals surface area contributed by atoms with Gasteiger partial charge in [0.15, 0.2) is 0 Å². The first-order valence-corrected chi connectivity index (χ1v) is 4.76. The van der Waals surface area contributed by atoms with Crippen LogP contribution in [0.5, 0.6) is 5.75 Å². The molecule has 5 heteroatoms. The molecule has 0 fully saturated rings. The molecule has 0 saturated heterocycles. The third-order valence-corrected chi connectivity index (χ3v) is 2.27. The van der Waals surface area contributed by atoms with Gasteiger partial charge in [-0.2, -0.15) is 5.21 Å². The summed E-state index contributed by atoms with van der Waals surface area (Å²) in [4.78, 5) is 0. The highest BCUT2D eigenvalue weighted by atomic mass is 16.5. The Bertz CT molecular complexity index is 439. The van der Waals surface area contributed by atoms with E-state index < -0.39 is 0 Å². The molecule has 2 aromatic rings. The third-order valence-electron chi connectivity index (χ3n) is 2.27. The monoisotopic (exact) mass is 204 g/mol. The van der Waals surface area contributed by atoms with Crippen LogP contribution in [0.1, 0.15) is 12.5 Å². The number of benzene rings is 1. The molecule has 5 nitrogen and oxygen atoms in total. The van der Waals surface area contributed by atoms with Gasteiger partial charge in [0.05, 0.1) is 12.7 Å². The number of rotatable bonds is 3. The first kappa shape index (κ1) is 9.64. The molecule has 1 N–H and O–H groups in total. The molecular weight excluding hydrogens is 192 g/mol. The van der Waals surface area contributed by atoms with E-state index in [9.17, 15) is 0 Å². The van der Waals surface area contributed by atoms with E-state index >= 15 is 0 Å². The van der Waals surface area contributed by atoms with Crippen molar-refractivity contribution in [3.8, 4) is 17.1 Å². The topological polar surface area (TPSA) is 63.7 Å². The lowest BCUT2D eigenvalue weighted by Gasteiger charge is -2.09. The van der Waals surface area contributed by atoms with E-state index in [-0.39, 0.29) is 0 Å². The summed E-state index contributed by atoms with van der Waals surface area (Å²) in [5, 5.41) is 13.9. The number of nitrogens with zero attached hydrogens (tertiary/aromatic N) is 3. The number of aromatic amines is 1. The Balaban J connectivity index is 2.56. The lowest BCUT2D eigenvalue weighted by atomic mass is 10.1. The molecule has 1 heterocycles. The zero-order valence-electron chi connectivity index (χ0n) is 8.69. The minimum absolute atomic E-state index is 0.558. The molecule has 0 atom stereocenters. The number of aromatic nitrogens is 4. The van der Waals surface area contributed by atoms with Crippen molar-refractivity contribution in [1.29, 1.82) is 0 Å². The summed E-state index contributed by atoms with van der Waals surface area (Å²) < 4.78 is 5.37. The third kappa shape index (κ3) is 1.68. The van der Waals surface area contributed by atoms with E-state index in [4.69, 9.17) is 4.74 Å². The number of methoxy groups -OCH3 is 1. The van der Waals surface area contributed by atoms with Crippen LogP contribution in [-0.2, 0) is 6.42 Å². The van der Waals surface area contributed by atoms with Crippen LogP contribution in [-0.4, -0.2) is 27.7 Å². The Hall–Kier alpha value is -1.91. The molecule has 78 valence electrons. The second kappa shape index (κ2) is 4.08. The molecule has 1 aromatic heterocycles. The summed E-state index contributed by atoms with van der Waals surface area (Å²) in [6.45, 7) is 2.08. The smallest absolute Gasteiger partial charge is 0.208 e. The van der Waals surface area contributed by atoms with Gasteiger partial charge in [0.25, 0.3) is 0 Å². The second-order valence-electron chi connectivity index (χ2n) is 3.09. The van der Waals surface area contributed by atoms with Crippen LogP contribution in [0.15, 0.2) is 18.2 Å². The lowest BCUT2D eigenvalue weighted by molar-refractivity contribution is 0.411. The van der Waals surface area contributed by atoms with Gasteiger partial charge < -0.3 is 4.74 Å². The van der Waals surface area contributed by atoms with Crippen molar-refractivity contribution < 1.29 is 4.74 Å². The van der Waals surface area contributed by atoms with Crippen LogP contribution >= 0.6 is 0 Å². The van der Waals surface area contributed by atoms with Crippen LogP contribution < -0.4 is 4.74 Å². The van der Waals surface area contributed by atoms with Crippen molar-refractivity contribution in [2.24, 2.45) is 0 Å². The van der Waals surface area contributed by atoms with Gasteiger partial charge in [-0.1, -0.05) is 19.1 Å². The van der Waals surface area contributed by atoms with E-state index in [0.29, 0.717) is 5.82 Å². The van der Waals surface area contributed by atoms with Gasteiger partial charge in [-0.25, -0.2) is 0 Å². The standard InChI is InChI=1S/C10H12N4O/c1-3-7-5-4-6-8(9(7)15-2)10-11-13-14-12-10/h4-6H,3H2,1-2H3,(H,11,12,13,14). The molecule has 15 heavy (non-hydrogen) atoms. The van der Waals surface area contributed by atoms with Gasteiger partial charge in [0, 0.05) is 0 Å². The van der Waals surface area contributed by atoms with Gasteiger partial charge >= 0.3 is 0 Å².